The van der Waals surface area contributed by atoms with E-state index < -0.39 is 0 Å². The smallest absolute Gasteiger partial charge is 0.251 e. The Morgan fingerprint density at radius 2 is 2.21 bits per heavy atom. The number of ether oxygens (including phenoxy) is 1. The maximum absolute atomic E-state index is 11.7. The van der Waals surface area contributed by atoms with Gasteiger partial charge in [0, 0.05) is 26.2 Å². The molecular weight excluding hydrogens is 180 g/mol. The lowest BCUT2D eigenvalue weighted by molar-refractivity contribution is -0.139. The Labute approximate surface area is 85.8 Å². The number of carbonyl (C=O) groups is 1. The summed E-state index contributed by atoms with van der Waals surface area (Å²) in [4.78, 5) is 15.8. The molecule has 1 rings (SSSR count). The lowest BCUT2D eigenvalue weighted by Crippen LogP contribution is -2.39. The summed E-state index contributed by atoms with van der Waals surface area (Å²) in [6.07, 6.45) is 0.755. The molecule has 1 heterocycles. The van der Waals surface area contributed by atoms with Crippen molar-refractivity contribution in [1.82, 2.24) is 9.80 Å². The standard InChI is InChI=1S/C10H20N2O2/c1-8(14-4)10(13)12-6-5-9(7-12)11(2)3/h8-9H,5-7H2,1-4H3. The van der Waals surface area contributed by atoms with Gasteiger partial charge in [-0.1, -0.05) is 0 Å². The van der Waals surface area contributed by atoms with Crippen LogP contribution in [0.2, 0.25) is 0 Å². The second-order valence-electron chi connectivity index (χ2n) is 4.07. The summed E-state index contributed by atoms with van der Waals surface area (Å²) >= 11 is 0. The van der Waals surface area contributed by atoms with E-state index >= 15 is 0 Å². The van der Waals surface area contributed by atoms with Crippen molar-refractivity contribution >= 4 is 5.91 Å². The summed E-state index contributed by atoms with van der Waals surface area (Å²) < 4.78 is 5.02. The maximum Gasteiger partial charge on any atom is 0.251 e. The zero-order valence-electron chi connectivity index (χ0n) is 9.49. The molecule has 0 N–H and O–H groups in total. The molecule has 82 valence electrons. The van der Waals surface area contributed by atoms with Gasteiger partial charge in [0.2, 0.25) is 0 Å². The van der Waals surface area contributed by atoms with E-state index in [2.05, 4.69) is 19.0 Å². The molecule has 1 amide bonds. The number of nitrogens with zero attached hydrogens (tertiary/aromatic N) is 2. The van der Waals surface area contributed by atoms with Crippen LogP contribution in [-0.4, -0.2) is 62.1 Å². The topological polar surface area (TPSA) is 32.8 Å². The van der Waals surface area contributed by atoms with Crippen LogP contribution in [0.4, 0.5) is 0 Å². The van der Waals surface area contributed by atoms with Crippen molar-refractivity contribution in [3.8, 4) is 0 Å². The number of likely N-dealkylation sites (tertiary alicyclic amines) is 1. The number of hydrogen-bond acceptors (Lipinski definition) is 3. The number of carbonyl (C=O) groups excluding carboxylic acids is 1. The van der Waals surface area contributed by atoms with Crippen molar-refractivity contribution in [2.75, 3.05) is 34.3 Å². The molecule has 1 aliphatic rings. The normalized spacial score (nSPS) is 24.4. The molecule has 2 atom stereocenters. The lowest BCUT2D eigenvalue weighted by Gasteiger charge is -2.22. The van der Waals surface area contributed by atoms with Gasteiger partial charge >= 0.3 is 0 Å². The molecule has 1 aliphatic heterocycles. The van der Waals surface area contributed by atoms with E-state index in [-0.39, 0.29) is 12.0 Å². The van der Waals surface area contributed by atoms with E-state index in [1.165, 1.54) is 0 Å². The molecule has 2 unspecified atom stereocenters. The minimum absolute atomic E-state index is 0.108. The van der Waals surface area contributed by atoms with Gasteiger partial charge in [-0.2, -0.15) is 0 Å². The highest BCUT2D eigenvalue weighted by molar-refractivity contribution is 5.80. The molecule has 1 fully saturated rings. The molecule has 0 aromatic carbocycles. The minimum atomic E-state index is -0.309. The van der Waals surface area contributed by atoms with Crippen LogP contribution in [0.3, 0.4) is 0 Å². The van der Waals surface area contributed by atoms with Crippen molar-refractivity contribution in [3.63, 3.8) is 0 Å². The maximum atomic E-state index is 11.7. The van der Waals surface area contributed by atoms with Crippen LogP contribution in [0.1, 0.15) is 13.3 Å². The number of methoxy groups -OCH3 is 1. The van der Waals surface area contributed by atoms with E-state index in [1.807, 2.05) is 4.90 Å². The summed E-state index contributed by atoms with van der Waals surface area (Å²) in [5, 5.41) is 0. The van der Waals surface area contributed by atoms with Gasteiger partial charge in [0.1, 0.15) is 6.10 Å². The predicted octanol–water partition coefficient (Wildman–Crippen LogP) is 0.184. The molecule has 14 heavy (non-hydrogen) atoms. The molecule has 0 aromatic heterocycles. The lowest BCUT2D eigenvalue weighted by atomic mass is 10.2. The first-order chi connectivity index (χ1) is 6.56. The van der Waals surface area contributed by atoms with Crippen LogP contribution in [0.25, 0.3) is 0 Å². The van der Waals surface area contributed by atoms with E-state index in [9.17, 15) is 4.79 Å². The fourth-order valence-electron chi connectivity index (χ4n) is 1.72. The third-order valence-corrected chi connectivity index (χ3v) is 2.91. The van der Waals surface area contributed by atoms with Crippen molar-refractivity contribution in [3.05, 3.63) is 0 Å². The molecule has 0 spiro atoms. The van der Waals surface area contributed by atoms with Crippen LogP contribution in [0.15, 0.2) is 0 Å². The summed E-state index contributed by atoms with van der Waals surface area (Å²) in [5.41, 5.74) is 0. The number of amides is 1. The fraction of sp³-hybridized carbons (Fsp3) is 0.900. The molecule has 0 saturated carbocycles. The van der Waals surface area contributed by atoms with Gasteiger partial charge < -0.3 is 14.5 Å². The Morgan fingerprint density at radius 1 is 1.57 bits per heavy atom. The molecule has 0 radical (unpaired) electrons. The Kier molecular flexibility index (Phi) is 3.89. The quantitative estimate of drug-likeness (QED) is 0.651. The van der Waals surface area contributed by atoms with Crippen LogP contribution < -0.4 is 0 Å². The van der Waals surface area contributed by atoms with Crippen molar-refractivity contribution < 1.29 is 9.53 Å². The van der Waals surface area contributed by atoms with Gasteiger partial charge in [-0.05, 0) is 27.4 Å². The number of hydrogen-bond donors (Lipinski definition) is 0. The zero-order chi connectivity index (χ0) is 10.7. The Bertz CT molecular complexity index is 206. The molecular formula is C10H20N2O2. The van der Waals surface area contributed by atoms with Crippen molar-refractivity contribution in [2.24, 2.45) is 0 Å². The van der Waals surface area contributed by atoms with E-state index in [0.717, 1.165) is 19.5 Å². The first-order valence-corrected chi connectivity index (χ1v) is 5.04. The largest absolute Gasteiger partial charge is 0.372 e. The first-order valence-electron chi connectivity index (χ1n) is 5.04. The van der Waals surface area contributed by atoms with Gasteiger partial charge in [-0.25, -0.2) is 0 Å². The summed E-state index contributed by atoms with van der Waals surface area (Å²) in [5.74, 6) is 0.108. The molecule has 0 aromatic rings. The van der Waals surface area contributed by atoms with Crippen molar-refractivity contribution in [1.29, 1.82) is 0 Å². The van der Waals surface area contributed by atoms with Gasteiger partial charge in [0.15, 0.2) is 0 Å². The van der Waals surface area contributed by atoms with Crippen LogP contribution in [0.5, 0.6) is 0 Å². The van der Waals surface area contributed by atoms with Gasteiger partial charge in [-0.15, -0.1) is 0 Å². The summed E-state index contributed by atoms with van der Waals surface area (Å²) in [6.45, 7) is 3.49. The third kappa shape index (κ3) is 2.45. The van der Waals surface area contributed by atoms with Crippen LogP contribution in [0, 0.1) is 0 Å². The molecule has 0 aliphatic carbocycles. The number of likely N-dealkylation sites (N-methyl/N-ethyl adjacent to an activating group) is 1. The van der Waals surface area contributed by atoms with Crippen molar-refractivity contribution in [2.45, 2.75) is 25.5 Å². The highest BCUT2D eigenvalue weighted by Gasteiger charge is 2.29. The second kappa shape index (κ2) is 4.75. The highest BCUT2D eigenvalue weighted by atomic mass is 16.5. The molecule has 4 heteroatoms. The fourth-order valence-corrected chi connectivity index (χ4v) is 1.72. The Hall–Kier alpha value is -0.610. The second-order valence-corrected chi connectivity index (χ2v) is 4.07. The van der Waals surface area contributed by atoms with Gasteiger partial charge in [-0.3, -0.25) is 4.79 Å². The summed E-state index contributed by atoms with van der Waals surface area (Å²) in [6, 6.07) is 0.503. The molecule has 4 nitrogen and oxygen atoms in total. The number of rotatable bonds is 3. The minimum Gasteiger partial charge on any atom is -0.372 e. The molecule has 0 bridgehead atoms. The van der Waals surface area contributed by atoms with Crippen LogP contribution >= 0.6 is 0 Å². The van der Waals surface area contributed by atoms with Gasteiger partial charge in [0.05, 0.1) is 0 Å². The molecule has 1 saturated heterocycles. The Morgan fingerprint density at radius 3 is 2.64 bits per heavy atom. The van der Waals surface area contributed by atoms with E-state index in [0.29, 0.717) is 6.04 Å². The zero-order valence-corrected chi connectivity index (χ0v) is 9.49. The average Bonchev–Trinajstić information content (AvgIpc) is 2.64. The summed E-state index contributed by atoms with van der Waals surface area (Å²) in [7, 11) is 5.68. The SMILES string of the molecule is COC(C)C(=O)N1CCC(N(C)C)C1. The Balaban J connectivity index is 2.45. The van der Waals surface area contributed by atoms with E-state index in [1.54, 1.807) is 14.0 Å². The van der Waals surface area contributed by atoms with E-state index in [4.69, 9.17) is 4.74 Å². The average molecular weight is 200 g/mol. The third-order valence-electron chi connectivity index (χ3n) is 2.91. The first kappa shape index (κ1) is 11.5. The van der Waals surface area contributed by atoms with Gasteiger partial charge in [0.25, 0.3) is 5.91 Å². The van der Waals surface area contributed by atoms with Crippen LogP contribution in [-0.2, 0) is 9.53 Å². The predicted molar refractivity (Wildman–Crippen MR) is 55.1 cm³/mol. The highest BCUT2D eigenvalue weighted by Crippen LogP contribution is 2.14. The monoisotopic (exact) mass is 200 g/mol.